The van der Waals surface area contributed by atoms with E-state index in [0.29, 0.717) is 6.42 Å². The second-order valence-corrected chi connectivity index (χ2v) is 4.74. The van der Waals surface area contributed by atoms with Crippen molar-refractivity contribution in [1.82, 2.24) is 0 Å². The summed E-state index contributed by atoms with van der Waals surface area (Å²) in [4.78, 5) is 43.4. The van der Waals surface area contributed by atoms with Gasteiger partial charge in [0, 0.05) is 12.8 Å². The van der Waals surface area contributed by atoms with Gasteiger partial charge in [-0.2, -0.15) is 0 Å². The molecule has 0 unspecified atom stereocenters. The molecule has 0 rings (SSSR count). The minimum absolute atomic E-state index is 0.00938. The molecular formula is C15H24O8. The summed E-state index contributed by atoms with van der Waals surface area (Å²) in [5, 5.41) is 8.33. The summed E-state index contributed by atoms with van der Waals surface area (Å²) in [7, 11) is 0. The Bertz CT molecular complexity index is 391. The molecule has 0 atom stereocenters. The summed E-state index contributed by atoms with van der Waals surface area (Å²) < 4.78 is 14.8. The fourth-order valence-electron chi connectivity index (χ4n) is 1.52. The Morgan fingerprint density at radius 1 is 0.783 bits per heavy atom. The van der Waals surface area contributed by atoms with Gasteiger partial charge in [0.15, 0.2) is 0 Å². The third-order valence-corrected chi connectivity index (χ3v) is 2.76. The minimum Gasteiger partial charge on any atom is -0.476 e. The molecule has 0 bridgehead atoms. The van der Waals surface area contributed by atoms with Crippen LogP contribution in [0.5, 0.6) is 0 Å². The highest BCUT2D eigenvalue weighted by molar-refractivity contribution is 6.32. The van der Waals surface area contributed by atoms with Crippen LogP contribution >= 0.6 is 0 Å². The van der Waals surface area contributed by atoms with Crippen molar-refractivity contribution < 1.29 is 38.5 Å². The van der Waals surface area contributed by atoms with Crippen molar-refractivity contribution in [1.29, 1.82) is 0 Å². The SMILES string of the molecule is CCCCCC(=O)OCCOCCOC(=O)CCC(=O)C(=O)O. The fraction of sp³-hybridized carbons (Fsp3) is 0.733. The summed E-state index contributed by atoms with van der Waals surface area (Å²) in [5.74, 6) is -3.51. The lowest BCUT2D eigenvalue weighted by molar-refractivity contribution is -0.151. The number of carboxylic acid groups (broad SMARTS) is 1. The summed E-state index contributed by atoms with van der Waals surface area (Å²) in [5.41, 5.74) is 0. The normalized spacial score (nSPS) is 10.1. The van der Waals surface area contributed by atoms with Crippen molar-refractivity contribution in [2.45, 2.75) is 45.4 Å². The molecule has 0 aromatic heterocycles. The number of carbonyl (C=O) groups excluding carboxylic acids is 3. The number of hydrogen-bond donors (Lipinski definition) is 1. The Labute approximate surface area is 135 Å². The smallest absolute Gasteiger partial charge is 0.372 e. The van der Waals surface area contributed by atoms with Gasteiger partial charge in [0.1, 0.15) is 13.2 Å². The number of ether oxygens (including phenoxy) is 3. The Kier molecular flexibility index (Phi) is 12.5. The van der Waals surface area contributed by atoms with Crippen LogP contribution in [0.4, 0.5) is 0 Å². The van der Waals surface area contributed by atoms with Crippen molar-refractivity contribution >= 4 is 23.7 Å². The molecule has 0 saturated heterocycles. The molecule has 1 N–H and O–H groups in total. The van der Waals surface area contributed by atoms with Crippen LogP contribution in [-0.4, -0.2) is 55.2 Å². The molecule has 0 aliphatic rings. The molecule has 0 aromatic rings. The molecule has 8 nitrogen and oxygen atoms in total. The Balaban J connectivity index is 3.42. The number of rotatable bonds is 14. The molecular weight excluding hydrogens is 308 g/mol. The van der Waals surface area contributed by atoms with Gasteiger partial charge in [-0.25, -0.2) is 4.79 Å². The molecule has 0 amide bonds. The van der Waals surface area contributed by atoms with E-state index in [1.54, 1.807) is 0 Å². The van der Waals surface area contributed by atoms with Gasteiger partial charge in [0.05, 0.1) is 19.6 Å². The Morgan fingerprint density at radius 2 is 1.35 bits per heavy atom. The molecule has 0 aliphatic heterocycles. The quantitative estimate of drug-likeness (QED) is 0.285. The van der Waals surface area contributed by atoms with Gasteiger partial charge in [0.25, 0.3) is 0 Å². The van der Waals surface area contributed by atoms with Crippen LogP contribution < -0.4 is 0 Å². The minimum atomic E-state index is -1.56. The predicted octanol–water partition coefficient (Wildman–Crippen LogP) is 1.10. The van der Waals surface area contributed by atoms with Crippen LogP contribution in [0.15, 0.2) is 0 Å². The molecule has 0 radical (unpaired) electrons. The van der Waals surface area contributed by atoms with E-state index >= 15 is 0 Å². The monoisotopic (exact) mass is 332 g/mol. The molecule has 0 fully saturated rings. The van der Waals surface area contributed by atoms with Gasteiger partial charge in [0.2, 0.25) is 5.78 Å². The lowest BCUT2D eigenvalue weighted by Gasteiger charge is -2.07. The number of hydrogen-bond acceptors (Lipinski definition) is 7. The summed E-state index contributed by atoms with van der Waals surface area (Å²) in [6.07, 6.45) is 2.59. The van der Waals surface area contributed by atoms with E-state index in [0.717, 1.165) is 19.3 Å². The second kappa shape index (κ2) is 13.7. The maximum Gasteiger partial charge on any atom is 0.372 e. The fourth-order valence-corrected chi connectivity index (χ4v) is 1.52. The van der Waals surface area contributed by atoms with Crippen LogP contribution in [-0.2, 0) is 33.4 Å². The van der Waals surface area contributed by atoms with Crippen LogP contribution in [0.1, 0.15) is 45.4 Å². The first-order valence-electron chi connectivity index (χ1n) is 7.62. The van der Waals surface area contributed by atoms with Crippen molar-refractivity contribution in [2.75, 3.05) is 26.4 Å². The van der Waals surface area contributed by atoms with Gasteiger partial charge >= 0.3 is 17.9 Å². The van der Waals surface area contributed by atoms with E-state index in [1.807, 2.05) is 0 Å². The van der Waals surface area contributed by atoms with Crippen LogP contribution in [0, 0.1) is 0 Å². The number of carboxylic acids is 1. The molecule has 0 aromatic carbocycles. The van der Waals surface area contributed by atoms with Crippen LogP contribution in [0.25, 0.3) is 0 Å². The maximum absolute atomic E-state index is 11.3. The van der Waals surface area contributed by atoms with Gasteiger partial charge in [-0.1, -0.05) is 19.8 Å². The lowest BCUT2D eigenvalue weighted by Crippen LogP contribution is -2.17. The van der Waals surface area contributed by atoms with Gasteiger partial charge in [-0.3, -0.25) is 14.4 Å². The largest absolute Gasteiger partial charge is 0.476 e. The molecule has 0 saturated carbocycles. The zero-order valence-corrected chi connectivity index (χ0v) is 13.4. The van der Waals surface area contributed by atoms with E-state index in [4.69, 9.17) is 19.3 Å². The van der Waals surface area contributed by atoms with Crippen molar-refractivity contribution in [3.8, 4) is 0 Å². The van der Waals surface area contributed by atoms with E-state index in [9.17, 15) is 19.2 Å². The van der Waals surface area contributed by atoms with Crippen LogP contribution in [0.3, 0.4) is 0 Å². The zero-order valence-electron chi connectivity index (χ0n) is 13.4. The van der Waals surface area contributed by atoms with Gasteiger partial charge < -0.3 is 19.3 Å². The maximum atomic E-state index is 11.3. The molecule has 23 heavy (non-hydrogen) atoms. The zero-order chi connectivity index (χ0) is 17.5. The summed E-state index contributed by atoms with van der Waals surface area (Å²) in [6, 6.07) is 0. The molecule has 0 aliphatic carbocycles. The lowest BCUT2D eigenvalue weighted by atomic mass is 10.2. The van der Waals surface area contributed by atoms with E-state index in [2.05, 4.69) is 6.92 Å². The second-order valence-electron chi connectivity index (χ2n) is 4.74. The third kappa shape index (κ3) is 13.4. The molecule has 0 heterocycles. The van der Waals surface area contributed by atoms with E-state index in [1.165, 1.54) is 0 Å². The number of aliphatic carboxylic acids is 1. The highest BCUT2D eigenvalue weighted by Gasteiger charge is 2.14. The topological polar surface area (TPSA) is 116 Å². The van der Waals surface area contributed by atoms with Crippen molar-refractivity contribution in [3.63, 3.8) is 0 Å². The van der Waals surface area contributed by atoms with Gasteiger partial charge in [-0.05, 0) is 6.42 Å². The average molecular weight is 332 g/mol. The van der Waals surface area contributed by atoms with Crippen molar-refractivity contribution in [3.05, 3.63) is 0 Å². The molecule has 0 spiro atoms. The first kappa shape index (κ1) is 21.0. The summed E-state index contributed by atoms with van der Waals surface area (Å²) >= 11 is 0. The van der Waals surface area contributed by atoms with E-state index < -0.39 is 17.7 Å². The Hall–Kier alpha value is -1.96. The number of unbranched alkanes of at least 4 members (excludes halogenated alkanes) is 2. The summed E-state index contributed by atoms with van der Waals surface area (Å²) in [6.45, 7) is 2.52. The number of ketones is 1. The highest BCUT2D eigenvalue weighted by atomic mass is 16.6. The van der Waals surface area contributed by atoms with Crippen molar-refractivity contribution in [2.24, 2.45) is 0 Å². The van der Waals surface area contributed by atoms with Crippen LogP contribution in [0.2, 0.25) is 0 Å². The van der Waals surface area contributed by atoms with E-state index in [-0.39, 0.29) is 45.2 Å². The van der Waals surface area contributed by atoms with Gasteiger partial charge in [-0.15, -0.1) is 0 Å². The Morgan fingerprint density at radius 3 is 1.87 bits per heavy atom. The first-order chi connectivity index (χ1) is 11.0. The number of Topliss-reactive ketones (excluding diaryl/α,β-unsaturated/α-hetero) is 1. The average Bonchev–Trinajstić information content (AvgIpc) is 2.51. The number of carbonyl (C=O) groups is 4. The predicted molar refractivity (Wildman–Crippen MR) is 78.8 cm³/mol. The third-order valence-electron chi connectivity index (χ3n) is 2.76. The molecule has 132 valence electrons. The standard InChI is InChI=1S/C15H24O8/c1-2-3-4-5-13(17)22-10-8-21-9-11-23-14(18)7-6-12(16)15(19)20/h2-11H2,1H3,(H,19,20). The molecule has 8 heteroatoms. The first-order valence-corrected chi connectivity index (χ1v) is 7.62. The number of esters is 2. The highest BCUT2D eigenvalue weighted by Crippen LogP contribution is 2.00.